The highest BCUT2D eigenvalue weighted by atomic mass is 16.5. The fourth-order valence-electron chi connectivity index (χ4n) is 7.16. The highest BCUT2D eigenvalue weighted by molar-refractivity contribution is 5.99. The van der Waals surface area contributed by atoms with Crippen molar-refractivity contribution in [2.24, 2.45) is 0 Å². The molecule has 13 nitrogen and oxygen atoms in total. The number of Topliss-reactive ketones (excluding diaryl/α,β-unsaturated/α-hetero) is 2. The summed E-state index contributed by atoms with van der Waals surface area (Å²) < 4.78 is 17.0. The fraction of sp³-hybridized carbons (Fsp3) is 0.159. The molecule has 3 aromatic carbocycles. The molecule has 284 valence electrons. The maximum absolute atomic E-state index is 13.5. The first-order chi connectivity index (χ1) is 27.6. The predicted molar refractivity (Wildman–Crippen MR) is 210 cm³/mol. The molecule has 0 atom stereocenters. The number of hydrogen-bond acceptors (Lipinski definition) is 10. The van der Waals surface area contributed by atoms with Crippen molar-refractivity contribution in [3.8, 4) is 45.9 Å². The van der Waals surface area contributed by atoms with Gasteiger partial charge in [-0.1, -0.05) is 101 Å². The van der Waals surface area contributed by atoms with E-state index in [2.05, 4.69) is 35.2 Å². The van der Waals surface area contributed by atoms with Gasteiger partial charge in [-0.2, -0.15) is 9.97 Å². The zero-order valence-corrected chi connectivity index (χ0v) is 31.6. The number of rotatable bonds is 13. The van der Waals surface area contributed by atoms with E-state index in [1.165, 1.54) is 13.8 Å². The highest BCUT2D eigenvalue weighted by Gasteiger charge is 2.27. The Morgan fingerprint density at radius 3 is 1.58 bits per heavy atom. The molecule has 0 spiro atoms. The number of carbonyl (C=O) groups excluding carboxylic acids is 3. The number of carbonyl (C=O) groups is 3. The Bertz CT molecular complexity index is 2580. The molecule has 0 saturated heterocycles. The van der Waals surface area contributed by atoms with Gasteiger partial charge in [-0.15, -0.1) is 0 Å². The molecule has 0 radical (unpaired) electrons. The predicted octanol–water partition coefficient (Wildman–Crippen LogP) is 8.67. The molecule has 0 aliphatic heterocycles. The molecule has 0 fully saturated rings. The van der Waals surface area contributed by atoms with Gasteiger partial charge in [-0.25, -0.2) is 4.79 Å². The largest absolute Gasteiger partial charge is 0.456 e. The SMILES string of the molecule is CC(=O)c1c(Cc2cc(C(=O)OCc3ccccc3)[nH]c2Cc2[nH]c(-c3nc(-c4ccccc4)no3)c(C)c2C(C)=O)[nH]c(-c2nc(-c3ccccc3)no2)c1C. The van der Waals surface area contributed by atoms with E-state index < -0.39 is 5.97 Å². The molecule has 13 heteroatoms. The standard InChI is InChI=1S/C44H37N7O6/c1-24-36(26(3)52)33(46-38(24)42-48-40(50-56-42)29-16-10-6-11-17-29)20-31-21-35(44(54)55-23-28-14-8-5-9-15-28)45-32(31)22-34-37(27(4)53)25(2)39(47-34)43-49-41(51-57-43)30-18-12-7-13-19-30/h5-19,21,45-47H,20,22-23H2,1-4H3. The number of nitrogens with one attached hydrogen (secondary N) is 3. The van der Waals surface area contributed by atoms with Gasteiger partial charge in [-0.05, 0) is 56.0 Å². The lowest BCUT2D eigenvalue weighted by atomic mass is 9.99. The van der Waals surface area contributed by atoms with Gasteiger partial charge in [0.15, 0.2) is 11.6 Å². The minimum Gasteiger partial charge on any atom is -0.456 e. The molecular formula is C44H37N7O6. The van der Waals surface area contributed by atoms with Crippen LogP contribution in [0.4, 0.5) is 0 Å². The minimum atomic E-state index is -0.560. The second-order valence-electron chi connectivity index (χ2n) is 13.7. The average molecular weight is 760 g/mol. The topological polar surface area (TPSA) is 186 Å². The first-order valence-corrected chi connectivity index (χ1v) is 18.3. The van der Waals surface area contributed by atoms with Crippen molar-refractivity contribution in [1.29, 1.82) is 0 Å². The minimum absolute atomic E-state index is 0.0784. The molecule has 0 aliphatic rings. The summed E-state index contributed by atoms with van der Waals surface area (Å²) in [6.45, 7) is 6.72. The Morgan fingerprint density at radius 2 is 1.09 bits per heavy atom. The van der Waals surface area contributed by atoms with E-state index in [1.807, 2.05) is 105 Å². The van der Waals surface area contributed by atoms with Crippen LogP contribution in [0.2, 0.25) is 0 Å². The van der Waals surface area contributed by atoms with E-state index in [9.17, 15) is 14.4 Å². The molecule has 8 aromatic rings. The maximum atomic E-state index is 13.5. The van der Waals surface area contributed by atoms with Gasteiger partial charge in [0.05, 0.1) is 0 Å². The van der Waals surface area contributed by atoms with Crippen molar-refractivity contribution in [2.45, 2.75) is 47.1 Å². The third-order valence-electron chi connectivity index (χ3n) is 9.85. The quantitative estimate of drug-likeness (QED) is 0.0759. The monoisotopic (exact) mass is 759 g/mol. The first-order valence-electron chi connectivity index (χ1n) is 18.3. The molecule has 5 aromatic heterocycles. The van der Waals surface area contributed by atoms with Crippen LogP contribution >= 0.6 is 0 Å². The van der Waals surface area contributed by atoms with Gasteiger partial charge in [-0.3, -0.25) is 9.59 Å². The van der Waals surface area contributed by atoms with Gasteiger partial charge in [0, 0.05) is 52.2 Å². The molecule has 0 unspecified atom stereocenters. The molecule has 0 aliphatic carbocycles. The number of esters is 1. The van der Waals surface area contributed by atoms with E-state index in [1.54, 1.807) is 6.07 Å². The van der Waals surface area contributed by atoms with E-state index in [4.69, 9.17) is 13.8 Å². The van der Waals surface area contributed by atoms with Crippen molar-refractivity contribution < 1.29 is 28.2 Å². The van der Waals surface area contributed by atoms with Crippen LogP contribution < -0.4 is 0 Å². The summed E-state index contributed by atoms with van der Waals surface area (Å²) in [4.78, 5) is 59.2. The third kappa shape index (κ3) is 7.37. The zero-order valence-electron chi connectivity index (χ0n) is 31.6. The number of aromatic amines is 3. The van der Waals surface area contributed by atoms with Crippen molar-refractivity contribution in [1.82, 2.24) is 35.2 Å². The van der Waals surface area contributed by atoms with Gasteiger partial charge in [0.25, 0.3) is 11.8 Å². The second-order valence-corrected chi connectivity index (χ2v) is 13.7. The average Bonchev–Trinajstić information content (AvgIpc) is 4.06. The van der Waals surface area contributed by atoms with Crippen LogP contribution in [0.25, 0.3) is 45.9 Å². The molecule has 0 saturated carbocycles. The number of ether oxygens (including phenoxy) is 1. The first kappa shape index (κ1) is 36.6. The normalized spacial score (nSPS) is 11.2. The lowest BCUT2D eigenvalue weighted by molar-refractivity contribution is 0.0466. The number of ketones is 2. The molecule has 5 heterocycles. The third-order valence-corrected chi connectivity index (χ3v) is 9.85. The lowest BCUT2D eigenvalue weighted by Gasteiger charge is -2.07. The summed E-state index contributed by atoms with van der Waals surface area (Å²) in [6.07, 6.45) is 0.391. The highest BCUT2D eigenvalue weighted by Crippen LogP contribution is 2.33. The van der Waals surface area contributed by atoms with Gasteiger partial charge in [0.2, 0.25) is 11.6 Å². The van der Waals surface area contributed by atoms with Crippen molar-refractivity contribution in [2.75, 3.05) is 0 Å². The van der Waals surface area contributed by atoms with E-state index in [0.29, 0.717) is 67.9 Å². The summed E-state index contributed by atoms with van der Waals surface area (Å²) >= 11 is 0. The molecule has 0 amide bonds. The van der Waals surface area contributed by atoms with Gasteiger partial charge < -0.3 is 28.7 Å². The van der Waals surface area contributed by atoms with Crippen LogP contribution in [0.1, 0.15) is 84.4 Å². The van der Waals surface area contributed by atoms with E-state index in [-0.39, 0.29) is 48.5 Å². The fourth-order valence-corrected chi connectivity index (χ4v) is 7.16. The summed E-state index contributed by atoms with van der Waals surface area (Å²) in [5, 5.41) is 8.34. The Labute approximate surface area is 326 Å². The Kier molecular flexibility index (Phi) is 9.86. The van der Waals surface area contributed by atoms with Crippen LogP contribution in [0.3, 0.4) is 0 Å². The number of hydrogen-bond donors (Lipinski definition) is 3. The Morgan fingerprint density at radius 1 is 0.614 bits per heavy atom. The van der Waals surface area contributed by atoms with Crippen molar-refractivity contribution in [3.63, 3.8) is 0 Å². The molecule has 8 rings (SSSR count). The lowest BCUT2D eigenvalue weighted by Crippen LogP contribution is -2.06. The molecular weight excluding hydrogens is 723 g/mol. The van der Waals surface area contributed by atoms with Crippen molar-refractivity contribution >= 4 is 17.5 Å². The van der Waals surface area contributed by atoms with E-state index >= 15 is 0 Å². The smallest absolute Gasteiger partial charge is 0.355 e. The summed E-state index contributed by atoms with van der Waals surface area (Å²) in [5.74, 6) is 0.401. The summed E-state index contributed by atoms with van der Waals surface area (Å²) in [5.41, 5.74) is 8.38. The number of H-pyrrole nitrogens is 3. The summed E-state index contributed by atoms with van der Waals surface area (Å²) in [6, 6.07) is 30.0. The maximum Gasteiger partial charge on any atom is 0.355 e. The Hall–Kier alpha value is -7.41. The zero-order chi connectivity index (χ0) is 39.6. The van der Waals surface area contributed by atoms with Gasteiger partial charge in [0.1, 0.15) is 23.7 Å². The van der Waals surface area contributed by atoms with Gasteiger partial charge >= 0.3 is 5.97 Å². The van der Waals surface area contributed by atoms with E-state index in [0.717, 1.165) is 16.7 Å². The number of benzene rings is 3. The second kappa shape index (κ2) is 15.4. The number of nitrogens with zero attached hydrogens (tertiary/aromatic N) is 4. The van der Waals surface area contributed by atoms with Crippen LogP contribution in [-0.4, -0.2) is 52.8 Å². The number of aromatic nitrogens is 7. The van der Waals surface area contributed by atoms with Crippen LogP contribution in [-0.2, 0) is 24.2 Å². The Balaban J connectivity index is 1.17. The van der Waals surface area contributed by atoms with Crippen molar-refractivity contribution in [3.05, 3.63) is 153 Å². The van der Waals surface area contributed by atoms with Crippen LogP contribution in [0.5, 0.6) is 0 Å². The molecule has 0 bridgehead atoms. The summed E-state index contributed by atoms with van der Waals surface area (Å²) in [7, 11) is 0. The van der Waals surface area contributed by atoms with Crippen LogP contribution in [0.15, 0.2) is 106 Å². The molecule has 3 N–H and O–H groups in total. The molecule has 57 heavy (non-hydrogen) atoms. The van der Waals surface area contributed by atoms with Crippen LogP contribution in [0, 0.1) is 13.8 Å².